The summed E-state index contributed by atoms with van der Waals surface area (Å²) >= 11 is 0. The quantitative estimate of drug-likeness (QED) is 0.423. The lowest BCUT2D eigenvalue weighted by molar-refractivity contribution is 0.00393. The zero-order valence-corrected chi connectivity index (χ0v) is 18.6. The van der Waals surface area contributed by atoms with Gasteiger partial charge in [-0.15, -0.1) is 0 Å². The van der Waals surface area contributed by atoms with Gasteiger partial charge in [0.05, 0.1) is 17.5 Å². The predicted octanol–water partition coefficient (Wildman–Crippen LogP) is 5.32. The Morgan fingerprint density at radius 1 is 0.939 bits per heavy atom. The molecule has 3 aromatic heterocycles. The van der Waals surface area contributed by atoms with Crippen molar-refractivity contribution in [1.29, 1.82) is 0 Å². The van der Waals surface area contributed by atoms with Gasteiger partial charge in [-0.05, 0) is 63.4 Å². The Balaban J connectivity index is 1.62. The van der Waals surface area contributed by atoms with Crippen LogP contribution in [0.1, 0.15) is 53.3 Å². The number of aryl methyl sites for hydroxylation is 3. The van der Waals surface area contributed by atoms with Crippen molar-refractivity contribution in [2.75, 3.05) is 6.61 Å². The molecule has 168 valence electrons. The molecular formula is C25H23F2N5O. The molecule has 1 aliphatic rings. The smallest absolute Gasteiger partial charge is 0.182 e. The largest absolute Gasteiger partial charge is 0.373 e. The minimum absolute atomic E-state index is 0.00714. The molecule has 1 saturated heterocycles. The van der Waals surface area contributed by atoms with Crippen LogP contribution in [0.2, 0.25) is 0 Å². The summed E-state index contributed by atoms with van der Waals surface area (Å²) in [6, 6.07) is 7.44. The minimum Gasteiger partial charge on any atom is -0.373 e. The van der Waals surface area contributed by atoms with Crippen molar-refractivity contribution in [3.8, 4) is 11.3 Å². The van der Waals surface area contributed by atoms with Crippen LogP contribution in [0.3, 0.4) is 0 Å². The summed E-state index contributed by atoms with van der Waals surface area (Å²) in [5.74, 6) is -0.781. The SMILES string of the molecule is Cc1cc([C@@H]2C[C@H](c3nc(-c4ccc(F)cc4F)c4nc(C)c(C)nc4n3)CCO2)ccn1. The van der Waals surface area contributed by atoms with Crippen LogP contribution in [-0.4, -0.2) is 31.5 Å². The highest BCUT2D eigenvalue weighted by atomic mass is 19.1. The van der Waals surface area contributed by atoms with E-state index in [1.165, 1.54) is 12.1 Å². The highest BCUT2D eigenvalue weighted by Crippen LogP contribution is 2.38. The van der Waals surface area contributed by atoms with E-state index in [0.29, 0.717) is 41.4 Å². The molecule has 0 spiro atoms. The fraction of sp³-hybridized carbons (Fsp3) is 0.320. The second-order valence-electron chi connectivity index (χ2n) is 8.43. The van der Waals surface area contributed by atoms with Gasteiger partial charge in [-0.3, -0.25) is 4.98 Å². The van der Waals surface area contributed by atoms with Crippen LogP contribution in [0.15, 0.2) is 36.5 Å². The Morgan fingerprint density at radius 3 is 2.55 bits per heavy atom. The Bertz CT molecular complexity index is 1360. The summed E-state index contributed by atoms with van der Waals surface area (Å²) in [4.78, 5) is 22.9. The molecule has 1 fully saturated rings. The molecule has 33 heavy (non-hydrogen) atoms. The van der Waals surface area contributed by atoms with Crippen molar-refractivity contribution in [3.05, 3.63) is 76.6 Å². The van der Waals surface area contributed by atoms with Crippen molar-refractivity contribution >= 4 is 11.2 Å². The van der Waals surface area contributed by atoms with E-state index in [9.17, 15) is 8.78 Å². The van der Waals surface area contributed by atoms with E-state index in [-0.39, 0.29) is 17.6 Å². The van der Waals surface area contributed by atoms with Crippen LogP contribution >= 0.6 is 0 Å². The first-order valence-corrected chi connectivity index (χ1v) is 10.9. The molecule has 8 heteroatoms. The Labute approximate surface area is 190 Å². The number of halogens is 2. The average molecular weight is 447 g/mol. The van der Waals surface area contributed by atoms with Gasteiger partial charge in [-0.25, -0.2) is 28.7 Å². The Kier molecular flexibility index (Phi) is 5.54. The maximum atomic E-state index is 14.8. The third kappa shape index (κ3) is 4.18. The number of pyridine rings is 1. The average Bonchev–Trinajstić information content (AvgIpc) is 2.80. The van der Waals surface area contributed by atoms with Crippen molar-refractivity contribution < 1.29 is 13.5 Å². The van der Waals surface area contributed by atoms with Gasteiger partial charge >= 0.3 is 0 Å². The van der Waals surface area contributed by atoms with Gasteiger partial charge in [0.1, 0.15) is 28.7 Å². The van der Waals surface area contributed by atoms with Gasteiger partial charge < -0.3 is 4.74 Å². The molecule has 5 rings (SSSR count). The van der Waals surface area contributed by atoms with E-state index in [1.54, 1.807) is 6.20 Å². The van der Waals surface area contributed by atoms with Crippen LogP contribution in [0.4, 0.5) is 8.78 Å². The normalized spacial score (nSPS) is 18.6. The van der Waals surface area contributed by atoms with Gasteiger partial charge in [0, 0.05) is 36.0 Å². The van der Waals surface area contributed by atoms with Crippen molar-refractivity contribution in [2.24, 2.45) is 0 Å². The molecule has 2 atom stereocenters. The van der Waals surface area contributed by atoms with Crippen LogP contribution in [0, 0.1) is 32.4 Å². The molecular weight excluding hydrogens is 424 g/mol. The lowest BCUT2D eigenvalue weighted by atomic mass is 9.91. The van der Waals surface area contributed by atoms with E-state index in [1.807, 2.05) is 32.9 Å². The van der Waals surface area contributed by atoms with Crippen LogP contribution in [-0.2, 0) is 4.74 Å². The molecule has 1 aromatic carbocycles. The molecule has 4 heterocycles. The van der Waals surface area contributed by atoms with Gasteiger partial charge in [0.25, 0.3) is 0 Å². The first-order chi connectivity index (χ1) is 15.9. The Morgan fingerprint density at radius 2 is 1.76 bits per heavy atom. The number of fused-ring (bicyclic) bond motifs is 1. The van der Waals surface area contributed by atoms with Crippen molar-refractivity contribution in [2.45, 2.75) is 45.6 Å². The standard InChI is InChI=1S/C25H23F2N5O/c1-13-10-16(6-8-28-13)21-11-17(7-9-33-21)24-31-22(19-5-4-18(26)12-20(19)27)23-25(32-24)30-15(3)14(2)29-23/h4-6,8,10,12,17,21H,7,9,11H2,1-3H3/t17-,21+/m1/s1. The van der Waals surface area contributed by atoms with E-state index < -0.39 is 11.6 Å². The maximum Gasteiger partial charge on any atom is 0.182 e. The van der Waals surface area contributed by atoms with E-state index >= 15 is 0 Å². The van der Waals surface area contributed by atoms with Crippen molar-refractivity contribution in [3.63, 3.8) is 0 Å². The van der Waals surface area contributed by atoms with Crippen LogP contribution < -0.4 is 0 Å². The molecule has 0 aliphatic carbocycles. The lowest BCUT2D eigenvalue weighted by Crippen LogP contribution is -2.21. The fourth-order valence-corrected chi connectivity index (χ4v) is 4.21. The summed E-state index contributed by atoms with van der Waals surface area (Å²) < 4.78 is 34.4. The van der Waals surface area contributed by atoms with E-state index in [4.69, 9.17) is 14.7 Å². The monoisotopic (exact) mass is 447 g/mol. The number of ether oxygens (including phenoxy) is 1. The molecule has 0 saturated carbocycles. The van der Waals surface area contributed by atoms with E-state index in [0.717, 1.165) is 29.4 Å². The lowest BCUT2D eigenvalue weighted by Gasteiger charge is -2.29. The number of hydrogen-bond acceptors (Lipinski definition) is 6. The fourth-order valence-electron chi connectivity index (χ4n) is 4.21. The summed E-state index contributed by atoms with van der Waals surface area (Å²) in [5, 5.41) is 0. The van der Waals surface area contributed by atoms with Crippen LogP contribution in [0.5, 0.6) is 0 Å². The summed E-state index contributed by atoms with van der Waals surface area (Å²) in [6.07, 6.45) is 3.08. The third-order valence-electron chi connectivity index (χ3n) is 6.09. The summed E-state index contributed by atoms with van der Waals surface area (Å²) in [6.45, 7) is 6.19. The van der Waals surface area contributed by atoms with E-state index in [2.05, 4.69) is 15.0 Å². The number of rotatable bonds is 3. The second-order valence-corrected chi connectivity index (χ2v) is 8.43. The molecule has 0 N–H and O–H groups in total. The molecule has 0 unspecified atom stereocenters. The molecule has 0 bridgehead atoms. The highest BCUT2D eigenvalue weighted by molar-refractivity contribution is 5.87. The number of hydrogen-bond donors (Lipinski definition) is 0. The summed E-state index contributed by atoms with van der Waals surface area (Å²) in [7, 11) is 0. The first kappa shape index (κ1) is 21.5. The van der Waals surface area contributed by atoms with Gasteiger partial charge in [-0.2, -0.15) is 0 Å². The summed E-state index contributed by atoms with van der Waals surface area (Å²) in [5.41, 5.74) is 4.75. The van der Waals surface area contributed by atoms with Crippen molar-refractivity contribution in [1.82, 2.24) is 24.9 Å². The minimum atomic E-state index is -0.696. The molecule has 0 amide bonds. The molecule has 4 aromatic rings. The van der Waals surface area contributed by atoms with Gasteiger partial charge in [0.2, 0.25) is 0 Å². The molecule has 1 aliphatic heterocycles. The van der Waals surface area contributed by atoms with Gasteiger partial charge in [-0.1, -0.05) is 0 Å². The zero-order valence-electron chi connectivity index (χ0n) is 18.6. The number of nitrogens with zero attached hydrogens (tertiary/aromatic N) is 5. The molecule has 6 nitrogen and oxygen atoms in total. The second kappa shape index (κ2) is 8.51. The predicted molar refractivity (Wildman–Crippen MR) is 120 cm³/mol. The highest BCUT2D eigenvalue weighted by Gasteiger charge is 2.29. The Hall–Kier alpha value is -3.39. The topological polar surface area (TPSA) is 73.7 Å². The first-order valence-electron chi connectivity index (χ1n) is 10.9. The number of benzene rings is 1. The molecule has 0 radical (unpaired) electrons. The zero-order chi connectivity index (χ0) is 23.1. The van der Waals surface area contributed by atoms with Crippen LogP contribution in [0.25, 0.3) is 22.4 Å². The van der Waals surface area contributed by atoms with Gasteiger partial charge in [0.15, 0.2) is 5.65 Å². The number of aromatic nitrogens is 5. The maximum absolute atomic E-state index is 14.8. The third-order valence-corrected chi connectivity index (χ3v) is 6.09.